The van der Waals surface area contributed by atoms with Crippen molar-refractivity contribution in [3.8, 4) is 0 Å². The lowest BCUT2D eigenvalue weighted by Crippen LogP contribution is -2.46. The minimum atomic E-state index is -1.38. The number of carbonyl (C=O) groups excluding carboxylic acids is 2. The van der Waals surface area contributed by atoms with Crippen LogP contribution in [0.2, 0.25) is 0 Å². The maximum Gasteiger partial charge on any atom is 0.309 e. The van der Waals surface area contributed by atoms with Crippen LogP contribution in [0.1, 0.15) is 84.7 Å². The molecule has 9 nitrogen and oxygen atoms in total. The fraction of sp³-hybridized carbons (Fsp3) is 0.741. The summed E-state index contributed by atoms with van der Waals surface area (Å²) in [6.45, 7) is 8.83. The first kappa shape index (κ1) is 29.4. The number of aliphatic hydroxyl groups excluding tert-OH is 2. The molecule has 0 spiro atoms. The first-order valence-corrected chi connectivity index (χ1v) is 13.1. The number of aliphatic hydroxyl groups is 2. The van der Waals surface area contributed by atoms with Crippen LogP contribution in [0.25, 0.3) is 6.08 Å². The van der Waals surface area contributed by atoms with Gasteiger partial charge in [0.15, 0.2) is 6.10 Å². The highest BCUT2D eigenvalue weighted by atomic mass is 19.1. The van der Waals surface area contributed by atoms with Crippen LogP contribution in [-0.4, -0.2) is 57.0 Å². The van der Waals surface area contributed by atoms with Gasteiger partial charge in [-0.2, -0.15) is 0 Å². The molecule has 1 aromatic rings. The summed E-state index contributed by atoms with van der Waals surface area (Å²) in [6.07, 6.45) is 0.622. The number of carbonyl (C=O) groups is 2. The molecule has 0 unspecified atom stereocenters. The van der Waals surface area contributed by atoms with Crippen molar-refractivity contribution in [1.29, 1.82) is 0 Å². The molecule has 1 aromatic heterocycles. The Morgan fingerprint density at radius 2 is 2.00 bits per heavy atom. The van der Waals surface area contributed by atoms with Gasteiger partial charge in [-0.3, -0.25) is 9.59 Å². The molecule has 0 radical (unpaired) electrons. The Kier molecular flexibility index (Phi) is 9.32. The van der Waals surface area contributed by atoms with Gasteiger partial charge in [0.1, 0.15) is 23.6 Å². The van der Waals surface area contributed by atoms with Gasteiger partial charge in [0.25, 0.3) is 0 Å². The van der Waals surface area contributed by atoms with E-state index in [-0.39, 0.29) is 42.4 Å². The summed E-state index contributed by atoms with van der Waals surface area (Å²) >= 11 is 0. The summed E-state index contributed by atoms with van der Waals surface area (Å²) in [5.74, 6) is -2.49. The number of ether oxygens (including phenoxy) is 2. The Labute approximate surface area is 217 Å². The molecule has 2 saturated heterocycles. The van der Waals surface area contributed by atoms with Gasteiger partial charge in [0.05, 0.1) is 42.3 Å². The van der Waals surface area contributed by atoms with Crippen molar-refractivity contribution in [1.82, 2.24) is 4.98 Å². The highest BCUT2D eigenvalue weighted by Crippen LogP contribution is 2.45. The van der Waals surface area contributed by atoms with Crippen LogP contribution in [-0.2, 0) is 25.6 Å². The number of hydrogen-bond donors (Lipinski definition) is 3. The third kappa shape index (κ3) is 6.85. The second-order valence-electron chi connectivity index (χ2n) is 11.2. The molecule has 4 N–H and O–H groups in total. The Morgan fingerprint density at radius 3 is 2.62 bits per heavy atom. The second kappa shape index (κ2) is 11.7. The number of aromatic nitrogens is 1. The number of fused-ring (bicyclic) bond motifs is 1. The predicted molar refractivity (Wildman–Crippen MR) is 133 cm³/mol. The van der Waals surface area contributed by atoms with Crippen molar-refractivity contribution in [3.63, 3.8) is 0 Å². The molecular formula is C27H41FN2O7. The van der Waals surface area contributed by atoms with Crippen LogP contribution in [0.5, 0.6) is 0 Å². The van der Waals surface area contributed by atoms with E-state index in [1.54, 1.807) is 13.8 Å². The van der Waals surface area contributed by atoms with E-state index in [2.05, 4.69) is 4.98 Å². The van der Waals surface area contributed by atoms with Crippen molar-refractivity contribution in [2.24, 2.45) is 23.0 Å². The van der Waals surface area contributed by atoms with Gasteiger partial charge in [-0.15, -0.1) is 0 Å². The van der Waals surface area contributed by atoms with Gasteiger partial charge in [-0.25, -0.2) is 9.37 Å². The number of nitrogens with zero attached hydrogens (tertiary/aromatic N) is 1. The van der Waals surface area contributed by atoms with Crippen LogP contribution in [0.15, 0.2) is 16.5 Å². The average Bonchev–Trinajstić information content (AvgIpc) is 3.24. The van der Waals surface area contributed by atoms with Crippen LogP contribution < -0.4 is 5.73 Å². The molecule has 2 aliphatic rings. The van der Waals surface area contributed by atoms with E-state index in [1.807, 2.05) is 20.8 Å². The van der Waals surface area contributed by atoms with E-state index in [1.165, 1.54) is 6.26 Å². The number of Topliss-reactive ketones (excluding diaryl/α,β-unsaturated/α-hetero) is 1. The summed E-state index contributed by atoms with van der Waals surface area (Å²) in [4.78, 5) is 30.3. The Bertz CT molecular complexity index is 993. The standard InChI is InChI=1S/C27H41FN2O7/c1-6-17-24(33)15(2)8-7-9-27(5)21(37-27)11-19(18(28)10-16-14-35-22(13-29)30-16)36-23(32)12-20(31)26(3,4)25(17)34/h10,14-15,17,19-21,24,31,33H,6-9,11-13,29H2,1-5H3/b18-10+/t15-,17+,19-,20-,21-,24-,27-/m0/s1. The number of oxazole rings is 1. The molecule has 0 saturated carbocycles. The Balaban J connectivity index is 1.87. The zero-order valence-electron chi connectivity index (χ0n) is 22.4. The van der Waals surface area contributed by atoms with Crippen molar-refractivity contribution in [3.05, 3.63) is 23.7 Å². The minimum Gasteiger partial charge on any atom is -0.455 e. The Morgan fingerprint density at radius 1 is 1.30 bits per heavy atom. The molecule has 2 aliphatic heterocycles. The van der Waals surface area contributed by atoms with E-state index < -0.39 is 53.5 Å². The number of esters is 1. The van der Waals surface area contributed by atoms with Crippen molar-refractivity contribution >= 4 is 17.8 Å². The quantitative estimate of drug-likeness (QED) is 0.398. The third-order valence-electron chi connectivity index (χ3n) is 8.01. The van der Waals surface area contributed by atoms with Gasteiger partial charge in [0.2, 0.25) is 5.89 Å². The summed E-state index contributed by atoms with van der Waals surface area (Å²) < 4.78 is 31.9. The van der Waals surface area contributed by atoms with E-state index in [0.717, 1.165) is 12.5 Å². The topological polar surface area (TPSA) is 148 Å². The largest absolute Gasteiger partial charge is 0.455 e. The zero-order valence-corrected chi connectivity index (χ0v) is 22.4. The summed E-state index contributed by atoms with van der Waals surface area (Å²) in [6, 6.07) is 0. The number of halogens is 1. The molecule has 7 atom stereocenters. The van der Waals surface area contributed by atoms with Crippen molar-refractivity contribution < 1.29 is 38.1 Å². The molecule has 10 heteroatoms. The summed E-state index contributed by atoms with van der Waals surface area (Å²) in [7, 11) is 0. The molecule has 37 heavy (non-hydrogen) atoms. The lowest BCUT2D eigenvalue weighted by molar-refractivity contribution is -0.155. The number of cyclic esters (lactones) is 1. The first-order chi connectivity index (χ1) is 17.3. The fourth-order valence-electron chi connectivity index (χ4n) is 5.13. The van der Waals surface area contributed by atoms with Crippen molar-refractivity contribution in [2.75, 3.05) is 0 Å². The SMILES string of the molecule is CC[C@H]1C(=O)C(C)(C)[C@@H](O)CC(=O)O[C@H](/C(F)=C\c2coc(CN)n2)C[C@@H]2O[C@@]2(C)CCC[C@H](C)[C@@H]1O. The van der Waals surface area contributed by atoms with E-state index >= 15 is 4.39 Å². The smallest absolute Gasteiger partial charge is 0.309 e. The summed E-state index contributed by atoms with van der Waals surface area (Å²) in [5, 5.41) is 21.8. The molecule has 0 aliphatic carbocycles. The molecule has 208 valence electrons. The average molecular weight is 525 g/mol. The van der Waals surface area contributed by atoms with Gasteiger partial charge < -0.3 is 29.8 Å². The molecule has 0 amide bonds. The van der Waals surface area contributed by atoms with Crippen LogP contribution in [0, 0.1) is 17.3 Å². The number of ketones is 1. The van der Waals surface area contributed by atoms with E-state index in [4.69, 9.17) is 19.6 Å². The monoisotopic (exact) mass is 524 g/mol. The molecule has 0 bridgehead atoms. The van der Waals surface area contributed by atoms with Crippen molar-refractivity contribution in [2.45, 2.75) is 110 Å². The number of epoxide rings is 1. The molecular weight excluding hydrogens is 483 g/mol. The van der Waals surface area contributed by atoms with Gasteiger partial charge >= 0.3 is 5.97 Å². The normalized spacial score (nSPS) is 36.1. The molecule has 0 aromatic carbocycles. The summed E-state index contributed by atoms with van der Waals surface area (Å²) in [5.41, 5.74) is 3.87. The van der Waals surface area contributed by atoms with Gasteiger partial charge in [0, 0.05) is 18.4 Å². The predicted octanol–water partition coefficient (Wildman–Crippen LogP) is 3.46. The van der Waals surface area contributed by atoms with Crippen LogP contribution in [0.3, 0.4) is 0 Å². The Hall–Kier alpha value is -2.14. The first-order valence-electron chi connectivity index (χ1n) is 13.1. The fourth-order valence-corrected chi connectivity index (χ4v) is 5.13. The maximum atomic E-state index is 15.3. The van der Waals surface area contributed by atoms with E-state index in [9.17, 15) is 19.8 Å². The lowest BCUT2D eigenvalue weighted by atomic mass is 9.71. The number of hydrogen-bond acceptors (Lipinski definition) is 9. The highest BCUT2D eigenvalue weighted by molar-refractivity contribution is 5.88. The maximum absolute atomic E-state index is 15.3. The number of rotatable bonds is 4. The second-order valence-corrected chi connectivity index (χ2v) is 11.2. The van der Waals surface area contributed by atoms with E-state index in [0.29, 0.717) is 19.3 Å². The molecule has 3 rings (SSSR count). The van der Waals surface area contributed by atoms with Crippen LogP contribution >= 0.6 is 0 Å². The third-order valence-corrected chi connectivity index (χ3v) is 8.01. The molecule has 3 heterocycles. The van der Waals surface area contributed by atoms with Gasteiger partial charge in [-0.1, -0.05) is 34.1 Å². The minimum absolute atomic E-state index is 0.0586. The van der Waals surface area contributed by atoms with Gasteiger partial charge in [-0.05, 0) is 32.1 Å². The highest BCUT2D eigenvalue weighted by Gasteiger charge is 2.53. The zero-order chi connectivity index (χ0) is 27.5. The van der Waals surface area contributed by atoms with Crippen LogP contribution in [0.4, 0.5) is 4.39 Å². The number of nitrogens with two attached hydrogens (primary N) is 1. The lowest BCUT2D eigenvalue weighted by Gasteiger charge is -2.35. The molecule has 2 fully saturated rings.